The van der Waals surface area contributed by atoms with Crippen LogP contribution >= 0.6 is 11.3 Å². The Kier molecular flexibility index (Phi) is 4.09. The van der Waals surface area contributed by atoms with Gasteiger partial charge in [0.2, 0.25) is 0 Å². The summed E-state index contributed by atoms with van der Waals surface area (Å²) in [6.45, 7) is 4.35. The molecule has 0 radical (unpaired) electrons. The van der Waals surface area contributed by atoms with Crippen LogP contribution < -0.4 is 0 Å². The second kappa shape index (κ2) is 5.42. The standard InChI is InChI=1S/C15H21NOS/c1-3-12-4-5-13(18-12)14(17)15(10-16)8-6-11(2)7-9-15/h4-5,11,14,17H,3,6-9H2,1-2H3. The lowest BCUT2D eigenvalue weighted by atomic mass is 9.68. The number of hydrogen-bond donors (Lipinski definition) is 1. The molecule has 0 amide bonds. The second-order valence-corrected chi connectivity index (χ2v) is 6.71. The third kappa shape index (κ3) is 2.46. The Labute approximate surface area is 113 Å². The third-order valence-electron chi connectivity index (χ3n) is 4.21. The van der Waals surface area contributed by atoms with Crippen molar-refractivity contribution in [2.45, 2.75) is 52.1 Å². The molecule has 0 aliphatic heterocycles. The van der Waals surface area contributed by atoms with Crippen LogP contribution in [0.15, 0.2) is 12.1 Å². The summed E-state index contributed by atoms with van der Waals surface area (Å²) in [5.74, 6) is 0.688. The first-order chi connectivity index (χ1) is 8.61. The molecule has 1 aliphatic carbocycles. The van der Waals surface area contributed by atoms with Crippen LogP contribution in [0, 0.1) is 22.7 Å². The summed E-state index contributed by atoms with van der Waals surface area (Å²) >= 11 is 1.65. The molecule has 1 fully saturated rings. The molecule has 1 saturated carbocycles. The highest BCUT2D eigenvalue weighted by molar-refractivity contribution is 7.12. The minimum absolute atomic E-state index is 0.553. The molecule has 1 aliphatic rings. The van der Waals surface area contributed by atoms with Crippen molar-refractivity contribution in [3.63, 3.8) is 0 Å². The topological polar surface area (TPSA) is 44.0 Å². The Morgan fingerprint density at radius 2 is 2.17 bits per heavy atom. The van der Waals surface area contributed by atoms with E-state index in [2.05, 4.69) is 26.0 Å². The summed E-state index contributed by atoms with van der Waals surface area (Å²) in [7, 11) is 0. The number of thiophene rings is 1. The van der Waals surface area contributed by atoms with E-state index >= 15 is 0 Å². The van der Waals surface area contributed by atoms with Crippen molar-refractivity contribution < 1.29 is 5.11 Å². The summed E-state index contributed by atoms with van der Waals surface area (Å²) in [6.07, 6.45) is 4.14. The van der Waals surface area contributed by atoms with Crippen molar-refractivity contribution >= 4 is 11.3 Å². The van der Waals surface area contributed by atoms with Gasteiger partial charge in [-0.15, -0.1) is 11.3 Å². The maximum Gasteiger partial charge on any atom is 0.107 e. The van der Waals surface area contributed by atoms with Gasteiger partial charge < -0.3 is 5.11 Å². The van der Waals surface area contributed by atoms with Crippen molar-refractivity contribution in [3.05, 3.63) is 21.9 Å². The van der Waals surface area contributed by atoms with Crippen molar-refractivity contribution in [2.24, 2.45) is 11.3 Å². The zero-order chi connectivity index (χ0) is 13.2. The summed E-state index contributed by atoms with van der Waals surface area (Å²) in [5.41, 5.74) is -0.553. The number of nitriles is 1. The number of hydrogen-bond acceptors (Lipinski definition) is 3. The van der Waals surface area contributed by atoms with Gasteiger partial charge in [-0.05, 0) is 50.2 Å². The zero-order valence-electron chi connectivity index (χ0n) is 11.1. The van der Waals surface area contributed by atoms with E-state index in [1.165, 1.54) is 4.88 Å². The molecule has 1 atom stereocenters. The van der Waals surface area contributed by atoms with E-state index in [4.69, 9.17) is 0 Å². The molecule has 2 nitrogen and oxygen atoms in total. The molecular weight excluding hydrogens is 242 g/mol. The predicted octanol–water partition coefficient (Wildman–Crippen LogP) is 4.06. The molecule has 1 unspecified atom stereocenters. The molecule has 1 aromatic rings. The van der Waals surface area contributed by atoms with Crippen molar-refractivity contribution in [1.82, 2.24) is 0 Å². The SMILES string of the molecule is CCc1ccc(C(O)C2(C#N)CCC(C)CC2)s1. The van der Waals surface area contributed by atoms with Crippen LogP contribution in [0.2, 0.25) is 0 Å². The lowest BCUT2D eigenvalue weighted by molar-refractivity contribution is 0.0292. The summed E-state index contributed by atoms with van der Waals surface area (Å²) in [6, 6.07) is 6.48. The number of aryl methyl sites for hydroxylation is 1. The summed E-state index contributed by atoms with van der Waals surface area (Å²) in [4.78, 5) is 2.24. The van der Waals surface area contributed by atoms with Crippen LogP contribution in [-0.2, 0) is 6.42 Å². The Morgan fingerprint density at radius 3 is 2.67 bits per heavy atom. The van der Waals surface area contributed by atoms with Crippen LogP contribution in [0.3, 0.4) is 0 Å². The minimum Gasteiger partial charge on any atom is -0.386 e. The number of rotatable bonds is 3. The quantitative estimate of drug-likeness (QED) is 0.893. The monoisotopic (exact) mass is 263 g/mol. The first-order valence-electron chi connectivity index (χ1n) is 6.79. The van der Waals surface area contributed by atoms with Crippen LogP contribution in [0.1, 0.15) is 55.4 Å². The van der Waals surface area contributed by atoms with E-state index in [1.54, 1.807) is 11.3 Å². The zero-order valence-corrected chi connectivity index (χ0v) is 12.0. The van der Waals surface area contributed by atoms with Gasteiger partial charge in [0.1, 0.15) is 6.10 Å². The van der Waals surface area contributed by atoms with Crippen LogP contribution in [0.5, 0.6) is 0 Å². The first kappa shape index (κ1) is 13.6. The van der Waals surface area contributed by atoms with E-state index < -0.39 is 11.5 Å². The Balaban J connectivity index is 2.20. The molecule has 0 saturated heterocycles. The fourth-order valence-corrected chi connectivity index (χ4v) is 3.78. The molecule has 0 bridgehead atoms. The van der Waals surface area contributed by atoms with Gasteiger partial charge in [-0.3, -0.25) is 0 Å². The molecule has 3 heteroatoms. The van der Waals surface area contributed by atoms with Gasteiger partial charge in [-0.2, -0.15) is 5.26 Å². The molecule has 1 heterocycles. The normalized spacial score (nSPS) is 29.8. The van der Waals surface area contributed by atoms with E-state index in [0.29, 0.717) is 5.92 Å². The van der Waals surface area contributed by atoms with Gasteiger partial charge in [0.25, 0.3) is 0 Å². The van der Waals surface area contributed by atoms with E-state index in [1.807, 2.05) is 6.07 Å². The largest absolute Gasteiger partial charge is 0.386 e. The maximum absolute atomic E-state index is 10.6. The fourth-order valence-electron chi connectivity index (χ4n) is 2.73. The maximum atomic E-state index is 10.6. The van der Waals surface area contributed by atoms with Gasteiger partial charge in [0.15, 0.2) is 0 Å². The minimum atomic E-state index is -0.611. The molecule has 18 heavy (non-hydrogen) atoms. The van der Waals surface area contributed by atoms with Gasteiger partial charge in [-0.25, -0.2) is 0 Å². The molecular formula is C15H21NOS. The average Bonchev–Trinajstić information content (AvgIpc) is 2.88. The third-order valence-corrected chi connectivity index (χ3v) is 5.49. The number of aliphatic hydroxyl groups is 1. The Morgan fingerprint density at radius 1 is 1.50 bits per heavy atom. The molecule has 98 valence electrons. The molecule has 1 N–H and O–H groups in total. The van der Waals surface area contributed by atoms with E-state index in [0.717, 1.165) is 37.0 Å². The van der Waals surface area contributed by atoms with Crippen LogP contribution in [0.25, 0.3) is 0 Å². The van der Waals surface area contributed by atoms with Crippen LogP contribution in [-0.4, -0.2) is 5.11 Å². The van der Waals surface area contributed by atoms with Gasteiger partial charge in [0.05, 0.1) is 11.5 Å². The smallest absolute Gasteiger partial charge is 0.107 e. The van der Waals surface area contributed by atoms with Gasteiger partial charge in [0, 0.05) is 9.75 Å². The lowest BCUT2D eigenvalue weighted by Crippen LogP contribution is -2.31. The lowest BCUT2D eigenvalue weighted by Gasteiger charge is -2.36. The summed E-state index contributed by atoms with van der Waals surface area (Å²) in [5, 5.41) is 20.1. The Hall–Kier alpha value is -0.850. The molecule has 0 spiro atoms. The highest BCUT2D eigenvalue weighted by atomic mass is 32.1. The van der Waals surface area contributed by atoms with Crippen LogP contribution in [0.4, 0.5) is 0 Å². The van der Waals surface area contributed by atoms with Gasteiger partial charge in [-0.1, -0.05) is 13.8 Å². The molecule has 2 rings (SSSR count). The predicted molar refractivity (Wildman–Crippen MR) is 74.3 cm³/mol. The van der Waals surface area contributed by atoms with Crippen molar-refractivity contribution in [3.8, 4) is 6.07 Å². The van der Waals surface area contributed by atoms with E-state index in [-0.39, 0.29) is 0 Å². The van der Waals surface area contributed by atoms with Gasteiger partial charge >= 0.3 is 0 Å². The fraction of sp³-hybridized carbons (Fsp3) is 0.667. The molecule has 0 aromatic carbocycles. The highest BCUT2D eigenvalue weighted by Crippen LogP contribution is 2.48. The second-order valence-electron chi connectivity index (χ2n) is 5.51. The first-order valence-corrected chi connectivity index (χ1v) is 7.61. The summed E-state index contributed by atoms with van der Waals surface area (Å²) < 4.78 is 0. The number of nitrogens with zero attached hydrogens (tertiary/aromatic N) is 1. The highest BCUT2D eigenvalue weighted by Gasteiger charge is 2.42. The molecule has 1 aromatic heterocycles. The number of aliphatic hydroxyl groups excluding tert-OH is 1. The Bertz CT molecular complexity index is 438. The van der Waals surface area contributed by atoms with E-state index in [9.17, 15) is 10.4 Å². The van der Waals surface area contributed by atoms with Crippen molar-refractivity contribution in [2.75, 3.05) is 0 Å². The van der Waals surface area contributed by atoms with Crippen molar-refractivity contribution in [1.29, 1.82) is 5.26 Å². The average molecular weight is 263 g/mol.